The molecule has 0 spiro atoms. The van der Waals surface area contributed by atoms with E-state index in [4.69, 9.17) is 0 Å². The van der Waals surface area contributed by atoms with Crippen molar-refractivity contribution in [2.24, 2.45) is 0 Å². The third-order valence-corrected chi connectivity index (χ3v) is 3.37. The van der Waals surface area contributed by atoms with E-state index >= 15 is 0 Å². The number of aromatic amines is 2. The summed E-state index contributed by atoms with van der Waals surface area (Å²) in [6, 6.07) is 22.1. The number of benzene rings is 2. The Hall–Kier alpha value is -2.45. The summed E-state index contributed by atoms with van der Waals surface area (Å²) in [7, 11) is 0. The summed E-state index contributed by atoms with van der Waals surface area (Å²) >= 11 is 0. The molecule has 0 saturated heterocycles. The first-order valence-corrected chi connectivity index (χ1v) is 10.4. The van der Waals surface area contributed by atoms with Gasteiger partial charge in [0.1, 0.15) is 11.6 Å². The fourth-order valence-electron chi connectivity index (χ4n) is 2.21. The number of imidazole rings is 2. The third kappa shape index (κ3) is 14.2. The van der Waals surface area contributed by atoms with Gasteiger partial charge < -0.3 is 9.97 Å². The quantitative estimate of drug-likeness (QED) is 0.234. The standard InChI is InChI=1S/C12H8.2C5H8N2.2C2H6.W/c1-3-7-11(8-4-1)12-9-5-2-6-10-12;2*1-4-3-6-5(2)7-4;2*1-2;/h1-7,9H;2*3H,1-2H3,(H,6,7);2*1-2H3;/q-2;;;;;+2. The van der Waals surface area contributed by atoms with Crippen LogP contribution in [0.5, 0.6) is 0 Å². The molecule has 2 heterocycles. The van der Waals surface area contributed by atoms with Crippen LogP contribution in [0.1, 0.15) is 50.7 Å². The normalized spacial score (nSPS) is 8.39. The number of nitrogens with one attached hydrogen (secondary N) is 2. The minimum absolute atomic E-state index is 0. The van der Waals surface area contributed by atoms with E-state index in [2.05, 4.69) is 32.1 Å². The Balaban J connectivity index is 0. The molecule has 2 aromatic carbocycles. The van der Waals surface area contributed by atoms with Crippen molar-refractivity contribution in [2.45, 2.75) is 55.4 Å². The van der Waals surface area contributed by atoms with Crippen molar-refractivity contribution in [3.63, 3.8) is 0 Å². The fraction of sp³-hybridized carbons (Fsp3) is 0.308. The first-order chi connectivity index (χ1) is 14.5. The maximum absolute atomic E-state index is 3.96. The van der Waals surface area contributed by atoms with E-state index in [9.17, 15) is 0 Å². The Labute approximate surface area is 203 Å². The average Bonchev–Trinajstić information content (AvgIpc) is 3.38. The average molecular weight is 588 g/mol. The van der Waals surface area contributed by atoms with Crippen LogP contribution in [-0.2, 0) is 21.1 Å². The van der Waals surface area contributed by atoms with Crippen LogP contribution in [0.2, 0.25) is 0 Å². The summed E-state index contributed by atoms with van der Waals surface area (Å²) in [4.78, 5) is 14.0. The Morgan fingerprint density at radius 2 is 0.968 bits per heavy atom. The molecule has 5 heteroatoms. The first kappa shape index (κ1) is 30.7. The van der Waals surface area contributed by atoms with Crippen LogP contribution in [0, 0.1) is 39.8 Å². The van der Waals surface area contributed by atoms with Crippen molar-refractivity contribution in [3.05, 3.63) is 96.1 Å². The second-order valence-electron chi connectivity index (χ2n) is 5.86. The molecule has 4 nitrogen and oxygen atoms in total. The van der Waals surface area contributed by atoms with Crippen LogP contribution in [0.3, 0.4) is 0 Å². The molecule has 0 fully saturated rings. The molecule has 4 aromatic rings. The second-order valence-corrected chi connectivity index (χ2v) is 5.86. The van der Waals surface area contributed by atoms with Gasteiger partial charge in [-0.2, -0.15) is 48.5 Å². The first-order valence-electron chi connectivity index (χ1n) is 10.4. The van der Waals surface area contributed by atoms with Crippen molar-refractivity contribution in [2.75, 3.05) is 0 Å². The topological polar surface area (TPSA) is 57.4 Å². The molecular weight excluding hydrogens is 552 g/mol. The minimum Gasteiger partial charge on any atom is -0.346 e. The summed E-state index contributed by atoms with van der Waals surface area (Å²) in [5, 5.41) is 0. The molecule has 166 valence electrons. The number of rotatable bonds is 1. The number of aryl methyl sites for hydroxylation is 4. The fourth-order valence-corrected chi connectivity index (χ4v) is 2.21. The van der Waals surface area contributed by atoms with Gasteiger partial charge in [0.2, 0.25) is 0 Å². The van der Waals surface area contributed by atoms with Crippen molar-refractivity contribution >= 4 is 0 Å². The zero-order valence-electron chi connectivity index (χ0n) is 20.1. The maximum Gasteiger partial charge on any atom is 2.00 e. The van der Waals surface area contributed by atoms with E-state index in [0.717, 1.165) is 34.2 Å². The van der Waals surface area contributed by atoms with Crippen molar-refractivity contribution < 1.29 is 21.1 Å². The van der Waals surface area contributed by atoms with Crippen molar-refractivity contribution in [1.82, 2.24) is 19.9 Å². The number of H-pyrrole nitrogens is 2. The molecule has 0 atom stereocenters. The Morgan fingerprint density at radius 3 is 1.13 bits per heavy atom. The smallest absolute Gasteiger partial charge is 0.346 e. The molecule has 31 heavy (non-hydrogen) atoms. The second kappa shape index (κ2) is 19.5. The SMILES string of the molecule is CC.CC.Cc1cnc(C)[nH]1.Cc1cnc(C)[nH]1.[W+2].[c-]1ccccc1-c1[c-]cccc1. The van der Waals surface area contributed by atoms with Gasteiger partial charge in [0.15, 0.2) is 0 Å². The van der Waals surface area contributed by atoms with E-state index in [0.29, 0.717) is 0 Å². The third-order valence-electron chi connectivity index (χ3n) is 3.37. The summed E-state index contributed by atoms with van der Waals surface area (Å²) in [5.41, 5.74) is 4.44. The van der Waals surface area contributed by atoms with E-state index in [1.807, 2.05) is 116 Å². The van der Waals surface area contributed by atoms with Crippen LogP contribution < -0.4 is 0 Å². The Kier molecular flexibility index (Phi) is 19.3. The van der Waals surface area contributed by atoms with Crippen LogP contribution in [0.4, 0.5) is 0 Å². The predicted molar refractivity (Wildman–Crippen MR) is 128 cm³/mol. The molecule has 0 bridgehead atoms. The monoisotopic (exact) mass is 588 g/mol. The molecule has 0 saturated carbocycles. The molecule has 0 aliphatic heterocycles. The molecule has 0 unspecified atom stereocenters. The summed E-state index contributed by atoms with van der Waals surface area (Å²) in [6.45, 7) is 15.8. The Bertz CT molecular complexity index is 775. The van der Waals surface area contributed by atoms with Gasteiger partial charge in [-0.05, 0) is 27.7 Å². The number of nitrogens with zero attached hydrogens (tertiary/aromatic N) is 2. The van der Waals surface area contributed by atoms with Gasteiger partial charge in [-0.15, -0.1) is 12.1 Å². The summed E-state index contributed by atoms with van der Waals surface area (Å²) in [6.07, 6.45) is 3.63. The largest absolute Gasteiger partial charge is 2.00 e. The van der Waals surface area contributed by atoms with E-state index < -0.39 is 0 Å². The van der Waals surface area contributed by atoms with Gasteiger partial charge >= 0.3 is 21.1 Å². The molecule has 0 aliphatic rings. The number of aromatic nitrogens is 4. The van der Waals surface area contributed by atoms with Crippen LogP contribution >= 0.6 is 0 Å². The van der Waals surface area contributed by atoms with Gasteiger partial charge in [0.25, 0.3) is 0 Å². The van der Waals surface area contributed by atoms with E-state index in [1.54, 1.807) is 0 Å². The molecule has 0 aliphatic carbocycles. The van der Waals surface area contributed by atoms with Gasteiger partial charge in [-0.25, -0.2) is 21.1 Å². The van der Waals surface area contributed by atoms with Crippen LogP contribution in [0.15, 0.2) is 60.9 Å². The van der Waals surface area contributed by atoms with Gasteiger partial charge in [0.05, 0.1) is 0 Å². The molecule has 2 N–H and O–H groups in total. The predicted octanol–water partition coefficient (Wildman–Crippen LogP) is 7.06. The molecule has 0 radical (unpaired) electrons. The van der Waals surface area contributed by atoms with Crippen molar-refractivity contribution in [3.8, 4) is 11.1 Å². The van der Waals surface area contributed by atoms with Crippen LogP contribution in [0.25, 0.3) is 11.1 Å². The zero-order chi connectivity index (χ0) is 22.8. The van der Waals surface area contributed by atoms with Gasteiger partial charge in [-0.3, -0.25) is 0 Å². The number of hydrogen-bond donors (Lipinski definition) is 2. The summed E-state index contributed by atoms with van der Waals surface area (Å²) < 4.78 is 0. The zero-order valence-corrected chi connectivity index (χ0v) is 23.0. The molecule has 4 rings (SSSR count). The van der Waals surface area contributed by atoms with Crippen molar-refractivity contribution in [1.29, 1.82) is 0 Å². The van der Waals surface area contributed by atoms with Gasteiger partial charge in [0, 0.05) is 23.8 Å². The maximum atomic E-state index is 3.96. The molecular formula is C26H36N4W. The number of hydrogen-bond acceptors (Lipinski definition) is 2. The van der Waals surface area contributed by atoms with E-state index in [1.165, 1.54) is 0 Å². The summed E-state index contributed by atoms with van der Waals surface area (Å²) in [5.74, 6) is 1.97. The minimum atomic E-state index is 0. The Morgan fingerprint density at radius 1 is 0.613 bits per heavy atom. The molecule has 2 aromatic heterocycles. The van der Waals surface area contributed by atoms with Gasteiger partial charge in [-0.1, -0.05) is 27.7 Å². The molecule has 0 amide bonds. The van der Waals surface area contributed by atoms with E-state index in [-0.39, 0.29) is 21.1 Å². The van der Waals surface area contributed by atoms with Crippen LogP contribution in [-0.4, -0.2) is 19.9 Å².